The summed E-state index contributed by atoms with van der Waals surface area (Å²) >= 11 is 2.04. The second kappa shape index (κ2) is 6.31. The minimum absolute atomic E-state index is 0.313. The molecule has 0 aromatic heterocycles. The summed E-state index contributed by atoms with van der Waals surface area (Å²) in [6, 6.07) is 9.65. The van der Waals surface area contributed by atoms with Crippen molar-refractivity contribution in [3.63, 3.8) is 0 Å². The molecule has 3 heteroatoms. The van der Waals surface area contributed by atoms with Crippen LogP contribution in [0.5, 0.6) is 0 Å². The zero-order valence-corrected chi connectivity index (χ0v) is 14.4. The molecule has 1 N–H and O–H groups in total. The first-order valence-corrected chi connectivity index (χ1v) is 9.35. The summed E-state index contributed by atoms with van der Waals surface area (Å²) in [5, 5.41) is 3.74. The van der Waals surface area contributed by atoms with Gasteiger partial charge in [-0.15, -0.1) is 11.8 Å². The van der Waals surface area contributed by atoms with Gasteiger partial charge in [-0.3, -0.25) is 4.90 Å². The Morgan fingerprint density at radius 3 is 2.90 bits per heavy atom. The van der Waals surface area contributed by atoms with E-state index in [1.807, 2.05) is 11.8 Å². The maximum absolute atomic E-state index is 3.74. The Morgan fingerprint density at radius 2 is 2.14 bits per heavy atom. The van der Waals surface area contributed by atoms with E-state index >= 15 is 0 Å². The van der Waals surface area contributed by atoms with Gasteiger partial charge in [0.1, 0.15) is 0 Å². The summed E-state index contributed by atoms with van der Waals surface area (Å²) in [7, 11) is 0. The molecule has 2 aliphatic rings. The Balaban J connectivity index is 1.76. The molecule has 21 heavy (non-hydrogen) atoms. The molecule has 3 rings (SSSR count). The third kappa shape index (κ3) is 3.01. The zero-order chi connectivity index (χ0) is 14.9. The Hall–Kier alpha value is -0.510. The lowest BCUT2D eigenvalue weighted by Crippen LogP contribution is -2.63. The van der Waals surface area contributed by atoms with Crippen molar-refractivity contribution in [3.8, 4) is 0 Å². The van der Waals surface area contributed by atoms with Gasteiger partial charge >= 0.3 is 0 Å². The third-order valence-electron chi connectivity index (χ3n) is 5.47. The molecule has 0 bridgehead atoms. The molecule has 2 nitrogen and oxygen atoms in total. The van der Waals surface area contributed by atoms with Crippen LogP contribution in [0, 0.1) is 0 Å². The van der Waals surface area contributed by atoms with Crippen LogP contribution in [0.25, 0.3) is 0 Å². The molecular formula is C18H28N2S. The molecule has 0 radical (unpaired) electrons. The quantitative estimate of drug-likeness (QED) is 0.912. The second-order valence-electron chi connectivity index (χ2n) is 6.79. The van der Waals surface area contributed by atoms with Crippen LogP contribution < -0.4 is 5.32 Å². The summed E-state index contributed by atoms with van der Waals surface area (Å²) in [6.45, 7) is 10.6. The summed E-state index contributed by atoms with van der Waals surface area (Å²) < 4.78 is 0. The van der Waals surface area contributed by atoms with Gasteiger partial charge in [-0.2, -0.15) is 0 Å². The van der Waals surface area contributed by atoms with E-state index in [2.05, 4.69) is 55.3 Å². The first-order chi connectivity index (χ1) is 10.2. The summed E-state index contributed by atoms with van der Waals surface area (Å²) in [5.74, 6) is 1.95. The Morgan fingerprint density at radius 1 is 1.33 bits per heavy atom. The van der Waals surface area contributed by atoms with Crippen LogP contribution in [0.15, 0.2) is 29.2 Å². The average Bonchev–Trinajstić information content (AvgIpc) is 2.93. The van der Waals surface area contributed by atoms with Crippen molar-refractivity contribution in [3.05, 3.63) is 29.8 Å². The number of piperazine rings is 1. The van der Waals surface area contributed by atoms with Gasteiger partial charge in [0, 0.05) is 47.8 Å². The predicted octanol–water partition coefficient (Wildman–Crippen LogP) is 3.73. The van der Waals surface area contributed by atoms with Gasteiger partial charge < -0.3 is 5.32 Å². The molecule has 2 aliphatic heterocycles. The molecular weight excluding hydrogens is 276 g/mol. The maximum atomic E-state index is 3.74. The number of benzene rings is 1. The van der Waals surface area contributed by atoms with E-state index in [0.29, 0.717) is 17.5 Å². The number of nitrogens with zero attached hydrogens (tertiary/aromatic N) is 1. The van der Waals surface area contributed by atoms with E-state index in [1.54, 1.807) is 5.56 Å². The maximum Gasteiger partial charge on any atom is 0.0304 e. The van der Waals surface area contributed by atoms with Crippen molar-refractivity contribution in [2.75, 3.05) is 25.4 Å². The van der Waals surface area contributed by atoms with Crippen molar-refractivity contribution < 1.29 is 0 Å². The molecule has 2 heterocycles. The Kier molecular flexibility index (Phi) is 4.63. The van der Waals surface area contributed by atoms with Gasteiger partial charge in [0.15, 0.2) is 0 Å². The SMILES string of the molecule is CCC1CN(CC2CSc3ccccc32)C(C)(CC)CN1. The first kappa shape index (κ1) is 15.4. The minimum atomic E-state index is 0.313. The van der Waals surface area contributed by atoms with Crippen molar-refractivity contribution in [1.82, 2.24) is 10.2 Å². The van der Waals surface area contributed by atoms with Gasteiger partial charge in [-0.05, 0) is 31.4 Å². The Labute approximate surface area is 133 Å². The Bertz CT molecular complexity index is 490. The topological polar surface area (TPSA) is 15.3 Å². The van der Waals surface area contributed by atoms with E-state index < -0.39 is 0 Å². The molecule has 0 amide bonds. The van der Waals surface area contributed by atoms with E-state index in [-0.39, 0.29) is 0 Å². The lowest BCUT2D eigenvalue weighted by Gasteiger charge is -2.48. The van der Waals surface area contributed by atoms with Crippen LogP contribution in [0.3, 0.4) is 0 Å². The van der Waals surface area contributed by atoms with Crippen LogP contribution >= 0.6 is 11.8 Å². The molecule has 1 saturated heterocycles. The number of fused-ring (bicyclic) bond motifs is 1. The molecule has 116 valence electrons. The van der Waals surface area contributed by atoms with Crippen LogP contribution in [0.1, 0.15) is 45.1 Å². The van der Waals surface area contributed by atoms with Crippen LogP contribution in [-0.2, 0) is 0 Å². The smallest absolute Gasteiger partial charge is 0.0304 e. The highest BCUT2D eigenvalue weighted by Gasteiger charge is 2.38. The average molecular weight is 305 g/mol. The summed E-state index contributed by atoms with van der Waals surface area (Å²) in [4.78, 5) is 4.27. The highest BCUT2D eigenvalue weighted by Crippen LogP contribution is 2.40. The van der Waals surface area contributed by atoms with Crippen LogP contribution in [0.4, 0.5) is 0 Å². The largest absolute Gasteiger partial charge is 0.311 e. The molecule has 1 aromatic carbocycles. The van der Waals surface area contributed by atoms with E-state index in [0.717, 1.165) is 6.54 Å². The number of hydrogen-bond donors (Lipinski definition) is 1. The zero-order valence-electron chi connectivity index (χ0n) is 13.6. The normalized spacial score (nSPS) is 33.1. The minimum Gasteiger partial charge on any atom is -0.311 e. The molecule has 1 aromatic rings. The predicted molar refractivity (Wildman–Crippen MR) is 92.3 cm³/mol. The van der Waals surface area contributed by atoms with Crippen LogP contribution in [0.2, 0.25) is 0 Å². The lowest BCUT2D eigenvalue weighted by atomic mass is 9.89. The molecule has 0 aliphatic carbocycles. The lowest BCUT2D eigenvalue weighted by molar-refractivity contribution is 0.0442. The van der Waals surface area contributed by atoms with Gasteiger partial charge in [0.05, 0.1) is 0 Å². The third-order valence-corrected chi connectivity index (χ3v) is 6.72. The number of hydrogen-bond acceptors (Lipinski definition) is 3. The van der Waals surface area contributed by atoms with Gasteiger partial charge in [-0.1, -0.05) is 32.0 Å². The second-order valence-corrected chi connectivity index (χ2v) is 7.85. The fraction of sp³-hybridized carbons (Fsp3) is 0.667. The van der Waals surface area contributed by atoms with E-state index in [4.69, 9.17) is 0 Å². The van der Waals surface area contributed by atoms with Gasteiger partial charge in [0.2, 0.25) is 0 Å². The standard InChI is InChI=1S/C18H28N2S/c1-4-15-11-20(18(3,5-2)13-19-15)10-14-12-21-17-9-7-6-8-16(14)17/h6-9,14-15,19H,4-5,10-13H2,1-3H3. The fourth-order valence-electron chi connectivity index (χ4n) is 3.59. The van der Waals surface area contributed by atoms with E-state index in [1.165, 1.54) is 36.6 Å². The van der Waals surface area contributed by atoms with E-state index in [9.17, 15) is 0 Å². The first-order valence-electron chi connectivity index (χ1n) is 8.36. The summed E-state index contributed by atoms with van der Waals surface area (Å²) in [6.07, 6.45) is 2.45. The molecule has 1 fully saturated rings. The molecule has 0 saturated carbocycles. The van der Waals surface area contributed by atoms with Gasteiger partial charge in [-0.25, -0.2) is 0 Å². The van der Waals surface area contributed by atoms with Crippen molar-refractivity contribution in [2.45, 2.75) is 56.0 Å². The van der Waals surface area contributed by atoms with Crippen molar-refractivity contribution in [1.29, 1.82) is 0 Å². The highest BCUT2D eigenvalue weighted by atomic mass is 32.2. The van der Waals surface area contributed by atoms with Gasteiger partial charge in [0.25, 0.3) is 0 Å². The number of thioether (sulfide) groups is 1. The summed E-state index contributed by atoms with van der Waals surface area (Å²) in [5.41, 5.74) is 1.89. The number of rotatable bonds is 4. The van der Waals surface area contributed by atoms with Crippen LogP contribution in [-0.4, -0.2) is 41.9 Å². The monoisotopic (exact) mass is 304 g/mol. The molecule has 3 unspecified atom stereocenters. The highest BCUT2D eigenvalue weighted by molar-refractivity contribution is 7.99. The fourth-order valence-corrected chi connectivity index (χ4v) is 4.83. The molecule has 0 spiro atoms. The molecule has 3 atom stereocenters. The van der Waals surface area contributed by atoms with Crippen molar-refractivity contribution >= 4 is 11.8 Å². The van der Waals surface area contributed by atoms with Crippen molar-refractivity contribution in [2.24, 2.45) is 0 Å². The number of nitrogens with one attached hydrogen (secondary N) is 1.